The van der Waals surface area contributed by atoms with Crippen molar-refractivity contribution in [3.63, 3.8) is 0 Å². The van der Waals surface area contributed by atoms with Gasteiger partial charge in [0.15, 0.2) is 14.9 Å². The van der Waals surface area contributed by atoms with Gasteiger partial charge in [-0.05, 0) is 17.2 Å². The van der Waals surface area contributed by atoms with Crippen molar-refractivity contribution < 1.29 is 8.42 Å². The lowest BCUT2D eigenvalue weighted by atomic mass is 10.3. The summed E-state index contributed by atoms with van der Waals surface area (Å²) < 4.78 is 22.4. The second-order valence-electron chi connectivity index (χ2n) is 2.63. The Labute approximate surface area is 81.1 Å². The van der Waals surface area contributed by atoms with Gasteiger partial charge < -0.3 is 0 Å². The number of azide groups is 1. The van der Waals surface area contributed by atoms with Crippen LogP contribution in [0.5, 0.6) is 0 Å². The minimum Gasteiger partial charge on any atom is -0.244 e. The molecule has 7 heteroatoms. The molecule has 0 radical (unpaired) electrons. The van der Waals surface area contributed by atoms with Gasteiger partial charge >= 0.3 is 0 Å². The third-order valence-electron chi connectivity index (χ3n) is 1.51. The Morgan fingerprint density at radius 2 is 2.36 bits per heavy atom. The smallest absolute Gasteiger partial charge is 0.193 e. The minimum atomic E-state index is -3.36. The molecule has 0 N–H and O–H groups in total. The third kappa shape index (κ3) is 2.45. The lowest BCUT2D eigenvalue weighted by Gasteiger charge is -2.02. The summed E-state index contributed by atoms with van der Waals surface area (Å²) in [5.74, 6) is 0. The zero-order valence-corrected chi connectivity index (χ0v) is 8.27. The molecule has 0 aliphatic heterocycles. The SMILES string of the molecule is CS(=O)(=O)c1ncccc1CN=[N+]=[N-]. The standard InChI is InChI=1S/C7H8N4O2S/c1-14(12,13)7-6(5-10-11-8)3-2-4-9-7/h2-4H,5H2,1H3. The van der Waals surface area contributed by atoms with Crippen molar-refractivity contribution in [3.05, 3.63) is 34.3 Å². The molecule has 0 aliphatic rings. The van der Waals surface area contributed by atoms with E-state index >= 15 is 0 Å². The van der Waals surface area contributed by atoms with E-state index < -0.39 is 9.84 Å². The van der Waals surface area contributed by atoms with Gasteiger partial charge in [0.05, 0.1) is 6.54 Å². The van der Waals surface area contributed by atoms with Crippen molar-refractivity contribution in [2.24, 2.45) is 5.11 Å². The van der Waals surface area contributed by atoms with Gasteiger partial charge in [-0.3, -0.25) is 0 Å². The fraction of sp³-hybridized carbons (Fsp3) is 0.286. The molecular formula is C7H8N4O2S. The summed E-state index contributed by atoms with van der Waals surface area (Å²) in [6, 6.07) is 3.16. The van der Waals surface area contributed by atoms with Crippen LogP contribution in [0, 0.1) is 0 Å². The summed E-state index contributed by atoms with van der Waals surface area (Å²) in [5.41, 5.74) is 8.52. The first kappa shape index (κ1) is 10.5. The Hall–Kier alpha value is -1.59. The summed E-state index contributed by atoms with van der Waals surface area (Å²) in [6.45, 7) is -0.00720. The number of sulfone groups is 1. The molecular weight excluding hydrogens is 204 g/mol. The highest BCUT2D eigenvalue weighted by Gasteiger charge is 2.13. The molecule has 0 aliphatic carbocycles. The third-order valence-corrected chi connectivity index (χ3v) is 2.58. The van der Waals surface area contributed by atoms with E-state index in [0.29, 0.717) is 5.56 Å². The van der Waals surface area contributed by atoms with Crippen molar-refractivity contribution in [1.29, 1.82) is 0 Å². The van der Waals surface area contributed by atoms with E-state index in [4.69, 9.17) is 5.53 Å². The minimum absolute atomic E-state index is 0.00720. The fourth-order valence-corrected chi connectivity index (χ4v) is 1.85. The maximum atomic E-state index is 11.2. The van der Waals surface area contributed by atoms with E-state index in [-0.39, 0.29) is 11.6 Å². The molecule has 0 amide bonds. The molecule has 0 saturated heterocycles. The van der Waals surface area contributed by atoms with Crippen LogP contribution < -0.4 is 0 Å². The van der Waals surface area contributed by atoms with E-state index in [1.807, 2.05) is 0 Å². The maximum absolute atomic E-state index is 11.2. The zero-order chi connectivity index (χ0) is 10.6. The van der Waals surface area contributed by atoms with E-state index in [1.54, 1.807) is 12.1 Å². The van der Waals surface area contributed by atoms with Crippen LogP contribution >= 0.6 is 0 Å². The van der Waals surface area contributed by atoms with E-state index in [0.717, 1.165) is 6.26 Å². The molecule has 0 aromatic carbocycles. The van der Waals surface area contributed by atoms with Crippen LogP contribution in [0.3, 0.4) is 0 Å². The van der Waals surface area contributed by atoms with Gasteiger partial charge in [0.1, 0.15) is 0 Å². The van der Waals surface area contributed by atoms with Crippen LogP contribution in [-0.4, -0.2) is 19.7 Å². The lowest BCUT2D eigenvalue weighted by molar-refractivity contribution is 0.596. The van der Waals surface area contributed by atoms with E-state index in [1.165, 1.54) is 6.20 Å². The Balaban J connectivity index is 3.23. The van der Waals surface area contributed by atoms with Gasteiger partial charge in [0.25, 0.3) is 0 Å². The Morgan fingerprint density at radius 3 is 2.93 bits per heavy atom. The number of hydrogen-bond donors (Lipinski definition) is 0. The van der Waals surface area contributed by atoms with Crippen LogP contribution in [0.15, 0.2) is 28.5 Å². The molecule has 1 aromatic rings. The molecule has 1 rings (SSSR count). The summed E-state index contributed by atoms with van der Waals surface area (Å²) in [5, 5.41) is 3.26. The predicted octanol–water partition coefficient (Wildman–Crippen LogP) is 1.30. The molecule has 0 saturated carbocycles. The first-order valence-electron chi connectivity index (χ1n) is 3.70. The summed E-state index contributed by atoms with van der Waals surface area (Å²) >= 11 is 0. The van der Waals surface area contributed by atoms with Crippen LogP contribution in [-0.2, 0) is 16.4 Å². The van der Waals surface area contributed by atoms with Crippen molar-refractivity contribution in [2.45, 2.75) is 11.6 Å². The topological polar surface area (TPSA) is 95.8 Å². The van der Waals surface area contributed by atoms with Crippen molar-refractivity contribution in [2.75, 3.05) is 6.26 Å². The van der Waals surface area contributed by atoms with Gasteiger partial charge in [-0.15, -0.1) is 0 Å². The second kappa shape index (κ2) is 4.08. The predicted molar refractivity (Wildman–Crippen MR) is 50.2 cm³/mol. The van der Waals surface area contributed by atoms with Gasteiger partial charge in [-0.1, -0.05) is 11.2 Å². The maximum Gasteiger partial charge on any atom is 0.193 e. The van der Waals surface area contributed by atoms with Crippen molar-refractivity contribution in [1.82, 2.24) is 4.98 Å². The molecule has 74 valence electrons. The van der Waals surface area contributed by atoms with Crippen LogP contribution in [0.25, 0.3) is 10.4 Å². The van der Waals surface area contributed by atoms with Gasteiger partial charge in [-0.25, -0.2) is 13.4 Å². The quantitative estimate of drug-likeness (QED) is 0.429. The average molecular weight is 212 g/mol. The van der Waals surface area contributed by atoms with Crippen molar-refractivity contribution >= 4 is 9.84 Å². The van der Waals surface area contributed by atoms with Gasteiger partial charge in [0.2, 0.25) is 0 Å². The molecule has 6 nitrogen and oxygen atoms in total. The van der Waals surface area contributed by atoms with Crippen LogP contribution in [0.1, 0.15) is 5.56 Å². The highest BCUT2D eigenvalue weighted by atomic mass is 32.2. The number of aromatic nitrogens is 1. The highest BCUT2D eigenvalue weighted by Crippen LogP contribution is 2.12. The Morgan fingerprint density at radius 1 is 1.64 bits per heavy atom. The normalized spacial score (nSPS) is 10.6. The summed E-state index contributed by atoms with van der Waals surface area (Å²) in [4.78, 5) is 6.29. The Kier molecular flexibility index (Phi) is 3.06. The monoisotopic (exact) mass is 212 g/mol. The number of nitrogens with zero attached hydrogens (tertiary/aromatic N) is 4. The van der Waals surface area contributed by atoms with E-state index in [2.05, 4.69) is 15.0 Å². The second-order valence-corrected chi connectivity index (χ2v) is 4.56. The number of hydrogen-bond acceptors (Lipinski definition) is 4. The molecule has 0 fully saturated rings. The first-order chi connectivity index (χ1) is 6.55. The van der Waals surface area contributed by atoms with Crippen LogP contribution in [0.4, 0.5) is 0 Å². The number of rotatable bonds is 3. The van der Waals surface area contributed by atoms with Crippen molar-refractivity contribution in [3.8, 4) is 0 Å². The largest absolute Gasteiger partial charge is 0.244 e. The van der Waals surface area contributed by atoms with E-state index in [9.17, 15) is 8.42 Å². The molecule has 1 heterocycles. The molecule has 0 spiro atoms. The first-order valence-corrected chi connectivity index (χ1v) is 5.59. The number of pyridine rings is 1. The lowest BCUT2D eigenvalue weighted by Crippen LogP contribution is -2.04. The molecule has 14 heavy (non-hydrogen) atoms. The fourth-order valence-electron chi connectivity index (χ4n) is 0.986. The van der Waals surface area contributed by atoms with Gasteiger partial charge in [-0.2, -0.15) is 0 Å². The molecule has 1 aromatic heterocycles. The highest BCUT2D eigenvalue weighted by molar-refractivity contribution is 7.90. The average Bonchev–Trinajstić information content (AvgIpc) is 2.14. The van der Waals surface area contributed by atoms with Crippen LogP contribution in [0.2, 0.25) is 0 Å². The Bertz CT molecular complexity index is 476. The summed E-state index contributed by atoms with van der Waals surface area (Å²) in [6.07, 6.45) is 2.45. The molecule has 0 unspecified atom stereocenters. The summed E-state index contributed by atoms with van der Waals surface area (Å²) in [7, 11) is -3.36. The van der Waals surface area contributed by atoms with Gasteiger partial charge in [0, 0.05) is 17.4 Å². The molecule has 0 atom stereocenters. The molecule has 0 bridgehead atoms. The zero-order valence-electron chi connectivity index (χ0n) is 7.45.